The maximum atomic E-state index is 13.4. The summed E-state index contributed by atoms with van der Waals surface area (Å²) in [4.78, 5) is 18.1. The van der Waals surface area contributed by atoms with Crippen molar-refractivity contribution in [2.45, 2.75) is 63.1 Å². The van der Waals surface area contributed by atoms with Crippen LogP contribution >= 0.6 is 0 Å². The molecule has 5 rings (SSSR count). The number of rotatable bonds is 6. The SMILES string of the molecule is CC(C)N1C[C@H](Oc2ccccc2)[C@@H]1C1CCN(C(=O)C2(c3ccccc3)CC2)CC1. The minimum Gasteiger partial charge on any atom is -0.487 e. The van der Waals surface area contributed by atoms with Crippen molar-refractivity contribution >= 4 is 5.91 Å². The van der Waals surface area contributed by atoms with Crippen LogP contribution < -0.4 is 4.74 Å². The van der Waals surface area contributed by atoms with Gasteiger partial charge in [-0.2, -0.15) is 0 Å². The third kappa shape index (κ3) is 3.87. The molecule has 2 aromatic carbocycles. The van der Waals surface area contributed by atoms with Crippen LogP contribution in [-0.2, 0) is 10.2 Å². The van der Waals surface area contributed by atoms with Crippen LogP contribution in [0.3, 0.4) is 0 Å². The summed E-state index contributed by atoms with van der Waals surface area (Å²) in [5.41, 5.74) is 0.955. The molecule has 31 heavy (non-hydrogen) atoms. The van der Waals surface area contributed by atoms with Crippen molar-refractivity contribution in [2.75, 3.05) is 19.6 Å². The van der Waals surface area contributed by atoms with E-state index in [1.54, 1.807) is 0 Å². The standard InChI is InChI=1S/C27H34N2O2/c1-20(2)29-19-24(31-23-11-7-4-8-12-23)25(29)21-13-17-28(18-14-21)26(30)27(15-16-27)22-9-5-3-6-10-22/h3-12,20-21,24-25H,13-19H2,1-2H3/t24-,25-/m0/s1. The number of ether oxygens (including phenoxy) is 1. The van der Waals surface area contributed by atoms with E-state index in [0.29, 0.717) is 23.9 Å². The number of hydrogen-bond donors (Lipinski definition) is 0. The number of nitrogens with zero attached hydrogens (tertiary/aromatic N) is 2. The molecule has 1 saturated carbocycles. The lowest BCUT2D eigenvalue weighted by Crippen LogP contribution is -2.68. The lowest BCUT2D eigenvalue weighted by molar-refractivity contribution is -0.138. The Hall–Kier alpha value is -2.33. The molecule has 3 aliphatic rings. The number of piperidine rings is 1. The second-order valence-corrected chi connectivity index (χ2v) is 9.83. The summed E-state index contributed by atoms with van der Waals surface area (Å²) >= 11 is 0. The number of amides is 1. The summed E-state index contributed by atoms with van der Waals surface area (Å²) in [5.74, 6) is 1.90. The Kier molecular flexibility index (Phi) is 5.51. The predicted octanol–water partition coefficient (Wildman–Crippen LogP) is 4.50. The number of carbonyl (C=O) groups excluding carboxylic acids is 1. The topological polar surface area (TPSA) is 32.8 Å². The predicted molar refractivity (Wildman–Crippen MR) is 123 cm³/mol. The minimum atomic E-state index is -0.243. The van der Waals surface area contributed by atoms with E-state index in [9.17, 15) is 4.79 Å². The van der Waals surface area contributed by atoms with E-state index in [1.807, 2.05) is 24.3 Å². The van der Waals surface area contributed by atoms with Crippen molar-refractivity contribution in [1.29, 1.82) is 0 Å². The second kappa shape index (κ2) is 8.31. The van der Waals surface area contributed by atoms with Gasteiger partial charge in [0, 0.05) is 25.7 Å². The van der Waals surface area contributed by atoms with E-state index in [2.05, 4.69) is 60.0 Å². The van der Waals surface area contributed by atoms with Gasteiger partial charge in [0.05, 0.1) is 11.5 Å². The van der Waals surface area contributed by atoms with Crippen LogP contribution in [-0.4, -0.2) is 53.5 Å². The molecule has 0 spiro atoms. The minimum absolute atomic E-state index is 0.243. The highest BCUT2D eigenvalue weighted by Crippen LogP contribution is 2.50. The molecule has 2 heterocycles. The van der Waals surface area contributed by atoms with E-state index in [1.165, 1.54) is 5.56 Å². The average molecular weight is 419 g/mol. The zero-order chi connectivity index (χ0) is 21.4. The van der Waals surface area contributed by atoms with Gasteiger partial charge in [0.15, 0.2) is 0 Å². The molecule has 0 aromatic heterocycles. The first-order valence-corrected chi connectivity index (χ1v) is 11.9. The number of carbonyl (C=O) groups is 1. The highest BCUT2D eigenvalue weighted by molar-refractivity contribution is 5.91. The van der Waals surface area contributed by atoms with Crippen LogP contribution in [0.2, 0.25) is 0 Å². The van der Waals surface area contributed by atoms with Gasteiger partial charge in [0.1, 0.15) is 11.9 Å². The summed E-state index contributed by atoms with van der Waals surface area (Å²) in [6.45, 7) is 7.30. The Morgan fingerprint density at radius 1 is 0.968 bits per heavy atom. The molecule has 0 bridgehead atoms. The molecule has 1 amide bonds. The molecule has 0 N–H and O–H groups in total. The van der Waals surface area contributed by atoms with Crippen LogP contribution in [0.5, 0.6) is 5.75 Å². The average Bonchev–Trinajstić information content (AvgIpc) is 3.60. The van der Waals surface area contributed by atoms with Crippen molar-refractivity contribution < 1.29 is 9.53 Å². The molecule has 0 unspecified atom stereocenters. The van der Waals surface area contributed by atoms with E-state index < -0.39 is 0 Å². The second-order valence-electron chi connectivity index (χ2n) is 9.83. The third-order valence-electron chi connectivity index (χ3n) is 7.64. The first kappa shape index (κ1) is 20.6. The highest BCUT2D eigenvalue weighted by Gasteiger charge is 2.54. The molecule has 4 heteroatoms. The van der Waals surface area contributed by atoms with E-state index in [4.69, 9.17) is 4.74 Å². The summed E-state index contributed by atoms with van der Waals surface area (Å²) in [6, 6.07) is 21.6. The number of hydrogen-bond acceptors (Lipinski definition) is 3. The van der Waals surface area contributed by atoms with Crippen LogP contribution in [0.1, 0.15) is 45.1 Å². The Balaban J connectivity index is 1.23. The van der Waals surface area contributed by atoms with E-state index in [-0.39, 0.29) is 11.5 Å². The molecule has 2 atom stereocenters. The van der Waals surface area contributed by atoms with Crippen molar-refractivity contribution in [3.63, 3.8) is 0 Å². The van der Waals surface area contributed by atoms with Crippen molar-refractivity contribution in [1.82, 2.24) is 9.80 Å². The first-order valence-electron chi connectivity index (χ1n) is 11.9. The summed E-state index contributed by atoms with van der Waals surface area (Å²) in [7, 11) is 0. The largest absolute Gasteiger partial charge is 0.487 e. The lowest BCUT2D eigenvalue weighted by Gasteiger charge is -2.54. The fourth-order valence-corrected chi connectivity index (χ4v) is 5.68. The summed E-state index contributed by atoms with van der Waals surface area (Å²) in [6.07, 6.45) is 4.37. The van der Waals surface area contributed by atoms with Gasteiger partial charge in [-0.3, -0.25) is 9.69 Å². The zero-order valence-corrected chi connectivity index (χ0v) is 18.7. The summed E-state index contributed by atoms with van der Waals surface area (Å²) < 4.78 is 6.37. The molecule has 164 valence electrons. The molecular formula is C27H34N2O2. The maximum Gasteiger partial charge on any atom is 0.233 e. The molecule has 3 fully saturated rings. The Labute approximate surface area is 186 Å². The molecule has 1 aliphatic carbocycles. The highest BCUT2D eigenvalue weighted by atomic mass is 16.5. The van der Waals surface area contributed by atoms with Gasteiger partial charge in [-0.1, -0.05) is 48.5 Å². The maximum absolute atomic E-state index is 13.4. The fraction of sp³-hybridized carbons (Fsp3) is 0.519. The fourth-order valence-electron chi connectivity index (χ4n) is 5.68. The van der Waals surface area contributed by atoms with E-state index in [0.717, 1.165) is 51.1 Å². The van der Waals surface area contributed by atoms with Crippen molar-refractivity contribution in [3.05, 3.63) is 66.2 Å². The van der Waals surface area contributed by atoms with Crippen LogP contribution in [0, 0.1) is 5.92 Å². The number of benzene rings is 2. The van der Waals surface area contributed by atoms with Gasteiger partial charge < -0.3 is 9.64 Å². The Morgan fingerprint density at radius 3 is 2.16 bits per heavy atom. The van der Waals surface area contributed by atoms with Crippen molar-refractivity contribution in [3.8, 4) is 5.75 Å². The zero-order valence-electron chi connectivity index (χ0n) is 18.7. The molecule has 4 nitrogen and oxygen atoms in total. The summed E-state index contributed by atoms with van der Waals surface area (Å²) in [5, 5.41) is 0. The normalized spacial score (nSPS) is 25.8. The molecular weight excluding hydrogens is 384 g/mol. The first-order chi connectivity index (χ1) is 15.1. The molecule has 2 saturated heterocycles. The number of para-hydroxylation sites is 1. The van der Waals surface area contributed by atoms with Gasteiger partial charge in [0.25, 0.3) is 0 Å². The van der Waals surface area contributed by atoms with Gasteiger partial charge in [-0.05, 0) is 63.1 Å². The molecule has 2 aromatic rings. The van der Waals surface area contributed by atoms with Gasteiger partial charge in [0.2, 0.25) is 5.91 Å². The van der Waals surface area contributed by atoms with Crippen molar-refractivity contribution in [2.24, 2.45) is 5.92 Å². The van der Waals surface area contributed by atoms with Gasteiger partial charge in [-0.15, -0.1) is 0 Å². The molecule has 2 aliphatic heterocycles. The van der Waals surface area contributed by atoms with Gasteiger partial charge >= 0.3 is 0 Å². The van der Waals surface area contributed by atoms with Crippen LogP contribution in [0.25, 0.3) is 0 Å². The van der Waals surface area contributed by atoms with E-state index >= 15 is 0 Å². The Morgan fingerprint density at radius 2 is 1.58 bits per heavy atom. The third-order valence-corrected chi connectivity index (χ3v) is 7.64. The molecule has 0 radical (unpaired) electrons. The van der Waals surface area contributed by atoms with Crippen LogP contribution in [0.15, 0.2) is 60.7 Å². The smallest absolute Gasteiger partial charge is 0.233 e. The quantitative estimate of drug-likeness (QED) is 0.693. The Bertz CT molecular complexity index is 886. The monoisotopic (exact) mass is 418 g/mol. The lowest BCUT2D eigenvalue weighted by atomic mass is 9.79. The van der Waals surface area contributed by atoms with Crippen LogP contribution in [0.4, 0.5) is 0 Å². The number of likely N-dealkylation sites (tertiary alicyclic amines) is 2. The van der Waals surface area contributed by atoms with Gasteiger partial charge in [-0.25, -0.2) is 0 Å².